The predicted octanol–water partition coefficient (Wildman–Crippen LogP) is 2.73. The van der Waals surface area contributed by atoms with Crippen LogP contribution in [0.1, 0.15) is 25.3 Å². The molecule has 110 valence electrons. The van der Waals surface area contributed by atoms with Crippen LogP contribution in [-0.4, -0.2) is 31.1 Å². The summed E-state index contributed by atoms with van der Waals surface area (Å²) >= 11 is 0. The minimum atomic E-state index is -0.317. The standard InChI is InChI=1S/C15H23N3O2/c1-3-17(11-13-6-8-16-9-7-13)14-4-5-15(18(19)20)12(2)10-14/h4-5,10,13,16H,3,6-9,11H2,1-2H3. The minimum absolute atomic E-state index is 0.201. The minimum Gasteiger partial charge on any atom is -0.372 e. The van der Waals surface area contributed by atoms with E-state index in [2.05, 4.69) is 17.1 Å². The van der Waals surface area contributed by atoms with Crippen molar-refractivity contribution in [3.63, 3.8) is 0 Å². The summed E-state index contributed by atoms with van der Waals surface area (Å²) in [6.45, 7) is 8.11. The highest BCUT2D eigenvalue weighted by molar-refractivity contribution is 5.55. The van der Waals surface area contributed by atoms with E-state index in [1.54, 1.807) is 13.0 Å². The largest absolute Gasteiger partial charge is 0.372 e. The molecule has 0 radical (unpaired) electrons. The normalized spacial score (nSPS) is 16.1. The zero-order valence-corrected chi connectivity index (χ0v) is 12.3. The zero-order chi connectivity index (χ0) is 14.5. The molecule has 1 aliphatic rings. The lowest BCUT2D eigenvalue weighted by Crippen LogP contribution is -2.36. The third-order valence-corrected chi connectivity index (χ3v) is 4.06. The number of hydrogen-bond donors (Lipinski definition) is 1. The lowest BCUT2D eigenvalue weighted by molar-refractivity contribution is -0.385. The quantitative estimate of drug-likeness (QED) is 0.664. The summed E-state index contributed by atoms with van der Waals surface area (Å²) in [5.74, 6) is 0.715. The molecule has 2 rings (SSSR count). The lowest BCUT2D eigenvalue weighted by atomic mass is 9.97. The first-order valence-electron chi connectivity index (χ1n) is 7.32. The van der Waals surface area contributed by atoms with Gasteiger partial charge in [-0.2, -0.15) is 0 Å². The number of nitro benzene ring substituents is 1. The molecule has 0 amide bonds. The van der Waals surface area contributed by atoms with E-state index in [-0.39, 0.29) is 10.6 Å². The third-order valence-electron chi connectivity index (χ3n) is 4.06. The van der Waals surface area contributed by atoms with Gasteiger partial charge < -0.3 is 10.2 Å². The molecule has 5 nitrogen and oxygen atoms in total. The van der Waals surface area contributed by atoms with E-state index >= 15 is 0 Å². The van der Waals surface area contributed by atoms with Crippen LogP contribution in [0.5, 0.6) is 0 Å². The molecule has 1 heterocycles. The number of nitrogens with zero attached hydrogens (tertiary/aromatic N) is 2. The second-order valence-electron chi connectivity index (χ2n) is 5.46. The highest BCUT2D eigenvalue weighted by Gasteiger charge is 2.18. The molecular formula is C15H23N3O2. The molecule has 5 heteroatoms. The van der Waals surface area contributed by atoms with Gasteiger partial charge in [-0.05, 0) is 57.8 Å². The topological polar surface area (TPSA) is 58.4 Å². The molecule has 0 unspecified atom stereocenters. The van der Waals surface area contributed by atoms with E-state index in [0.29, 0.717) is 5.92 Å². The van der Waals surface area contributed by atoms with Gasteiger partial charge in [-0.25, -0.2) is 0 Å². The molecular weight excluding hydrogens is 254 g/mol. The van der Waals surface area contributed by atoms with Crippen molar-refractivity contribution in [2.75, 3.05) is 31.1 Å². The number of anilines is 1. The summed E-state index contributed by atoms with van der Waals surface area (Å²) in [5.41, 5.74) is 2.03. The van der Waals surface area contributed by atoms with Gasteiger partial charge >= 0.3 is 0 Å². The third kappa shape index (κ3) is 3.48. The van der Waals surface area contributed by atoms with Gasteiger partial charge in [0.2, 0.25) is 0 Å². The average molecular weight is 277 g/mol. The number of nitro groups is 1. The molecule has 1 aromatic carbocycles. The Morgan fingerprint density at radius 2 is 2.10 bits per heavy atom. The maximum absolute atomic E-state index is 10.9. The Morgan fingerprint density at radius 1 is 1.40 bits per heavy atom. The van der Waals surface area contributed by atoms with Crippen LogP contribution < -0.4 is 10.2 Å². The molecule has 0 bridgehead atoms. The summed E-state index contributed by atoms with van der Waals surface area (Å²) in [6, 6.07) is 5.42. The smallest absolute Gasteiger partial charge is 0.272 e. The van der Waals surface area contributed by atoms with Crippen molar-refractivity contribution in [3.8, 4) is 0 Å². The van der Waals surface area contributed by atoms with Crippen molar-refractivity contribution in [1.82, 2.24) is 5.32 Å². The van der Waals surface area contributed by atoms with E-state index in [1.165, 1.54) is 12.8 Å². The van der Waals surface area contributed by atoms with Gasteiger partial charge in [0.15, 0.2) is 0 Å². The van der Waals surface area contributed by atoms with Gasteiger partial charge in [0.25, 0.3) is 5.69 Å². The first kappa shape index (κ1) is 14.8. The van der Waals surface area contributed by atoms with Crippen LogP contribution in [0.15, 0.2) is 18.2 Å². The van der Waals surface area contributed by atoms with Crippen LogP contribution in [-0.2, 0) is 0 Å². The molecule has 0 aromatic heterocycles. The van der Waals surface area contributed by atoms with Crippen LogP contribution in [0.2, 0.25) is 0 Å². The highest BCUT2D eigenvalue weighted by Crippen LogP contribution is 2.25. The van der Waals surface area contributed by atoms with Gasteiger partial charge in [0.05, 0.1) is 4.92 Å². The Hall–Kier alpha value is -1.62. The molecule has 1 N–H and O–H groups in total. The fourth-order valence-electron chi connectivity index (χ4n) is 2.83. The first-order chi connectivity index (χ1) is 9.61. The Balaban J connectivity index is 2.10. The second-order valence-corrected chi connectivity index (χ2v) is 5.46. The molecule has 20 heavy (non-hydrogen) atoms. The van der Waals surface area contributed by atoms with Crippen LogP contribution in [0, 0.1) is 23.0 Å². The molecule has 1 aromatic rings. The maximum Gasteiger partial charge on any atom is 0.272 e. The van der Waals surface area contributed by atoms with Crippen LogP contribution in [0.25, 0.3) is 0 Å². The van der Waals surface area contributed by atoms with Crippen molar-refractivity contribution in [2.24, 2.45) is 5.92 Å². The molecule has 0 spiro atoms. The van der Waals surface area contributed by atoms with E-state index < -0.39 is 0 Å². The molecule has 1 fully saturated rings. The van der Waals surface area contributed by atoms with E-state index in [0.717, 1.165) is 37.4 Å². The summed E-state index contributed by atoms with van der Waals surface area (Å²) in [4.78, 5) is 12.9. The van der Waals surface area contributed by atoms with Crippen LogP contribution >= 0.6 is 0 Å². The number of benzene rings is 1. The average Bonchev–Trinajstić information content (AvgIpc) is 2.45. The van der Waals surface area contributed by atoms with Gasteiger partial charge in [-0.3, -0.25) is 10.1 Å². The van der Waals surface area contributed by atoms with Gasteiger partial charge in [-0.15, -0.1) is 0 Å². The Labute approximate surface area is 120 Å². The van der Waals surface area contributed by atoms with Gasteiger partial charge in [0, 0.05) is 30.4 Å². The fraction of sp³-hybridized carbons (Fsp3) is 0.600. The number of hydrogen-bond acceptors (Lipinski definition) is 4. The SMILES string of the molecule is CCN(CC1CCNCC1)c1ccc([N+](=O)[O-])c(C)c1. The monoisotopic (exact) mass is 277 g/mol. The number of rotatable bonds is 5. The first-order valence-corrected chi connectivity index (χ1v) is 7.32. The second kappa shape index (κ2) is 6.70. The summed E-state index contributed by atoms with van der Waals surface area (Å²) in [5, 5.41) is 14.3. The number of aryl methyl sites for hydroxylation is 1. The number of nitrogens with one attached hydrogen (secondary N) is 1. The Bertz CT molecular complexity index is 470. The Kier molecular flexibility index (Phi) is 4.95. The molecule has 0 saturated carbocycles. The highest BCUT2D eigenvalue weighted by atomic mass is 16.6. The lowest BCUT2D eigenvalue weighted by Gasteiger charge is -2.31. The number of piperidine rings is 1. The molecule has 0 aliphatic carbocycles. The van der Waals surface area contributed by atoms with Crippen molar-refractivity contribution in [1.29, 1.82) is 0 Å². The van der Waals surface area contributed by atoms with E-state index in [9.17, 15) is 10.1 Å². The summed E-state index contributed by atoms with van der Waals surface area (Å²) in [7, 11) is 0. The van der Waals surface area contributed by atoms with Crippen molar-refractivity contribution < 1.29 is 4.92 Å². The summed E-state index contributed by atoms with van der Waals surface area (Å²) < 4.78 is 0. The van der Waals surface area contributed by atoms with E-state index in [1.807, 2.05) is 12.1 Å². The molecule has 1 aliphatic heterocycles. The maximum atomic E-state index is 10.9. The van der Waals surface area contributed by atoms with Gasteiger partial charge in [-0.1, -0.05) is 0 Å². The predicted molar refractivity (Wildman–Crippen MR) is 81.3 cm³/mol. The van der Waals surface area contributed by atoms with E-state index in [4.69, 9.17) is 0 Å². The Morgan fingerprint density at radius 3 is 2.65 bits per heavy atom. The molecule has 0 atom stereocenters. The van der Waals surface area contributed by atoms with Gasteiger partial charge in [0.1, 0.15) is 0 Å². The molecule has 1 saturated heterocycles. The zero-order valence-electron chi connectivity index (χ0n) is 12.3. The summed E-state index contributed by atoms with van der Waals surface area (Å²) in [6.07, 6.45) is 2.42. The van der Waals surface area contributed by atoms with Crippen molar-refractivity contribution >= 4 is 11.4 Å². The van der Waals surface area contributed by atoms with Crippen LogP contribution in [0.3, 0.4) is 0 Å². The van der Waals surface area contributed by atoms with Crippen molar-refractivity contribution in [2.45, 2.75) is 26.7 Å². The van der Waals surface area contributed by atoms with Crippen LogP contribution in [0.4, 0.5) is 11.4 Å². The van der Waals surface area contributed by atoms with Crippen molar-refractivity contribution in [3.05, 3.63) is 33.9 Å². The fourth-order valence-corrected chi connectivity index (χ4v) is 2.83.